The van der Waals surface area contributed by atoms with Gasteiger partial charge >= 0.3 is 0 Å². The molecule has 0 spiro atoms. The summed E-state index contributed by atoms with van der Waals surface area (Å²) in [7, 11) is 1.83. The minimum Gasteiger partial charge on any atom is -0.450 e. The van der Waals surface area contributed by atoms with Crippen LogP contribution in [0.5, 0.6) is 11.5 Å². The van der Waals surface area contributed by atoms with E-state index in [0.29, 0.717) is 50.8 Å². The van der Waals surface area contributed by atoms with Gasteiger partial charge in [-0.2, -0.15) is 10.1 Å². The first-order valence-electron chi connectivity index (χ1n) is 14.1. The van der Waals surface area contributed by atoms with Crippen molar-refractivity contribution in [2.24, 2.45) is 7.05 Å². The minimum atomic E-state index is -0.0833. The van der Waals surface area contributed by atoms with E-state index >= 15 is 0 Å². The van der Waals surface area contributed by atoms with E-state index in [1.54, 1.807) is 33.9 Å². The van der Waals surface area contributed by atoms with Crippen LogP contribution in [0.2, 0.25) is 5.02 Å². The molecule has 0 unspecified atom stereocenters. The molecule has 212 valence electrons. The zero-order valence-corrected chi connectivity index (χ0v) is 23.7. The maximum atomic E-state index is 13.7. The summed E-state index contributed by atoms with van der Waals surface area (Å²) in [5.41, 5.74) is 3.30. The quantitative estimate of drug-likeness (QED) is 0.209. The van der Waals surface area contributed by atoms with Crippen LogP contribution in [0.4, 0.5) is 11.6 Å². The molecular weight excluding hydrogens is 544 g/mol. The number of anilines is 2. The lowest BCUT2D eigenvalue weighted by atomic mass is 9.88. The second-order valence-electron chi connectivity index (χ2n) is 10.8. The Bertz CT molecular complexity index is 1810. The number of aromatic nitrogens is 7. The molecular formula is C29H31ClN8O3. The van der Waals surface area contributed by atoms with Gasteiger partial charge in [-0.15, -0.1) is 0 Å². The highest BCUT2D eigenvalue weighted by Crippen LogP contribution is 2.42. The van der Waals surface area contributed by atoms with Crippen molar-refractivity contribution >= 4 is 39.9 Å². The summed E-state index contributed by atoms with van der Waals surface area (Å²) in [6.45, 7) is 2.88. The first kappa shape index (κ1) is 26.0. The van der Waals surface area contributed by atoms with E-state index in [9.17, 15) is 4.79 Å². The van der Waals surface area contributed by atoms with Crippen LogP contribution in [0.3, 0.4) is 0 Å². The topological polar surface area (TPSA) is 113 Å². The van der Waals surface area contributed by atoms with Gasteiger partial charge in [0.1, 0.15) is 21.7 Å². The standard InChI is InChI=1S/C29H31ClN8O3/c1-3-4-11-40-22-8-7-20(22)37-16-18(17-5-6-17)12-19(28(37)39)34-29-35-27-26(36(29)2)25(30)24(14-32-27)41-23-15-33-38-10-9-31-13-21(23)38/h9-10,12-17,20,22H,3-8,11H2,1-2H3,(H,32,34,35)/t20-,22+/m1/s1. The van der Waals surface area contributed by atoms with Crippen LogP contribution < -0.4 is 15.6 Å². The van der Waals surface area contributed by atoms with Crippen LogP contribution in [0, 0.1) is 0 Å². The summed E-state index contributed by atoms with van der Waals surface area (Å²) in [5, 5.41) is 7.93. The molecule has 7 rings (SSSR count). The number of ether oxygens (including phenoxy) is 2. The number of unbranched alkanes of at least 4 members (excludes halogenated alkanes) is 1. The molecule has 0 saturated heterocycles. The van der Waals surface area contributed by atoms with Crippen molar-refractivity contribution in [2.45, 2.75) is 63.5 Å². The van der Waals surface area contributed by atoms with E-state index in [-0.39, 0.29) is 17.7 Å². The molecule has 0 bridgehead atoms. The number of imidazole rings is 1. The third-order valence-electron chi connectivity index (χ3n) is 8.04. The zero-order chi connectivity index (χ0) is 28.1. The number of nitrogens with zero attached hydrogens (tertiary/aromatic N) is 7. The van der Waals surface area contributed by atoms with Crippen LogP contribution in [-0.4, -0.2) is 46.4 Å². The first-order valence-corrected chi connectivity index (χ1v) is 14.5. The molecule has 11 nitrogen and oxygen atoms in total. The number of hydrogen-bond donors (Lipinski definition) is 1. The van der Waals surface area contributed by atoms with Gasteiger partial charge < -0.3 is 23.9 Å². The highest BCUT2D eigenvalue weighted by Gasteiger charge is 2.35. The molecule has 0 aliphatic heterocycles. The number of aryl methyl sites for hydroxylation is 1. The Morgan fingerprint density at radius 1 is 1.15 bits per heavy atom. The number of rotatable bonds is 10. The van der Waals surface area contributed by atoms with Gasteiger partial charge in [0.2, 0.25) is 5.95 Å². The number of halogens is 1. The Kier molecular flexibility index (Phi) is 6.63. The van der Waals surface area contributed by atoms with Crippen molar-refractivity contribution in [3.8, 4) is 11.5 Å². The van der Waals surface area contributed by atoms with Gasteiger partial charge in [-0.05, 0) is 49.7 Å². The van der Waals surface area contributed by atoms with Crippen LogP contribution in [0.1, 0.15) is 63.0 Å². The third-order valence-corrected chi connectivity index (χ3v) is 8.40. The molecule has 2 atom stereocenters. The highest BCUT2D eigenvalue weighted by molar-refractivity contribution is 6.36. The SMILES string of the molecule is CCCCO[C@H]1CC[C@H]1n1cc(C2CC2)cc(Nc2nc3ncc(Oc4cnn5ccncc45)c(Cl)c3n2C)c1=O. The highest BCUT2D eigenvalue weighted by atomic mass is 35.5. The lowest BCUT2D eigenvalue weighted by Gasteiger charge is -2.38. The van der Waals surface area contributed by atoms with Crippen molar-refractivity contribution in [3.05, 3.63) is 64.2 Å². The number of pyridine rings is 2. The fourth-order valence-electron chi connectivity index (χ4n) is 5.37. The van der Waals surface area contributed by atoms with Gasteiger partial charge in [-0.1, -0.05) is 24.9 Å². The molecule has 0 amide bonds. The van der Waals surface area contributed by atoms with Gasteiger partial charge in [-0.3, -0.25) is 9.78 Å². The molecule has 2 aliphatic rings. The molecule has 0 aromatic carbocycles. The smallest absolute Gasteiger partial charge is 0.274 e. The van der Waals surface area contributed by atoms with Crippen LogP contribution in [-0.2, 0) is 11.8 Å². The number of hydrogen-bond acceptors (Lipinski definition) is 8. The average Bonchev–Trinajstić information content (AvgIpc) is 3.66. The van der Waals surface area contributed by atoms with Gasteiger partial charge in [-0.25, -0.2) is 9.50 Å². The molecule has 5 aromatic heterocycles. The van der Waals surface area contributed by atoms with E-state index in [4.69, 9.17) is 21.1 Å². The Morgan fingerprint density at radius 3 is 2.80 bits per heavy atom. The van der Waals surface area contributed by atoms with Gasteiger partial charge in [0.25, 0.3) is 5.56 Å². The Labute approximate surface area is 241 Å². The second-order valence-corrected chi connectivity index (χ2v) is 11.2. The first-order chi connectivity index (χ1) is 20.0. The molecule has 41 heavy (non-hydrogen) atoms. The molecule has 0 radical (unpaired) electrons. The van der Waals surface area contributed by atoms with E-state index < -0.39 is 0 Å². The molecule has 5 heterocycles. The molecule has 2 saturated carbocycles. The Hall–Kier alpha value is -3.96. The van der Waals surface area contributed by atoms with Crippen molar-refractivity contribution in [3.63, 3.8) is 0 Å². The van der Waals surface area contributed by atoms with Crippen LogP contribution >= 0.6 is 11.6 Å². The summed E-state index contributed by atoms with van der Waals surface area (Å²) in [6.07, 6.45) is 16.6. The molecule has 5 aromatic rings. The van der Waals surface area contributed by atoms with Gasteiger partial charge in [0, 0.05) is 32.2 Å². The third kappa shape index (κ3) is 4.72. The lowest BCUT2D eigenvalue weighted by molar-refractivity contribution is -0.0416. The summed E-state index contributed by atoms with van der Waals surface area (Å²) in [6, 6.07) is 2.01. The largest absolute Gasteiger partial charge is 0.450 e. The second kappa shape index (κ2) is 10.5. The summed E-state index contributed by atoms with van der Waals surface area (Å²) in [4.78, 5) is 27.0. The number of fused-ring (bicyclic) bond motifs is 2. The fourth-order valence-corrected chi connectivity index (χ4v) is 5.67. The summed E-state index contributed by atoms with van der Waals surface area (Å²) >= 11 is 6.82. The zero-order valence-electron chi connectivity index (χ0n) is 23.0. The van der Waals surface area contributed by atoms with E-state index in [0.717, 1.165) is 45.1 Å². The Morgan fingerprint density at radius 2 is 2.02 bits per heavy atom. The molecule has 2 fully saturated rings. The predicted molar refractivity (Wildman–Crippen MR) is 155 cm³/mol. The average molecular weight is 575 g/mol. The summed E-state index contributed by atoms with van der Waals surface area (Å²) in [5.74, 6) is 1.82. The lowest BCUT2D eigenvalue weighted by Crippen LogP contribution is -2.41. The van der Waals surface area contributed by atoms with Crippen molar-refractivity contribution < 1.29 is 9.47 Å². The Balaban J connectivity index is 1.20. The minimum absolute atomic E-state index is 0.0463. The maximum Gasteiger partial charge on any atom is 0.274 e. The fraction of sp³-hybridized carbons (Fsp3) is 0.414. The van der Waals surface area contributed by atoms with Gasteiger partial charge in [0.15, 0.2) is 17.1 Å². The van der Waals surface area contributed by atoms with E-state index in [2.05, 4.69) is 32.3 Å². The monoisotopic (exact) mass is 574 g/mol. The predicted octanol–water partition coefficient (Wildman–Crippen LogP) is 5.76. The number of nitrogens with one attached hydrogen (secondary N) is 1. The molecule has 1 N–H and O–H groups in total. The molecule has 2 aliphatic carbocycles. The van der Waals surface area contributed by atoms with Crippen LogP contribution in [0.25, 0.3) is 16.7 Å². The van der Waals surface area contributed by atoms with E-state index in [1.807, 2.05) is 23.9 Å². The van der Waals surface area contributed by atoms with Gasteiger partial charge in [0.05, 0.1) is 30.7 Å². The van der Waals surface area contributed by atoms with Crippen molar-refractivity contribution in [1.82, 2.24) is 33.7 Å². The van der Waals surface area contributed by atoms with Crippen molar-refractivity contribution in [1.29, 1.82) is 0 Å². The molecule has 12 heteroatoms. The van der Waals surface area contributed by atoms with E-state index in [1.165, 1.54) is 11.8 Å². The van der Waals surface area contributed by atoms with Crippen molar-refractivity contribution in [2.75, 3.05) is 11.9 Å². The normalized spacial score (nSPS) is 18.6. The maximum absolute atomic E-state index is 13.7. The summed E-state index contributed by atoms with van der Waals surface area (Å²) < 4.78 is 17.5. The van der Waals surface area contributed by atoms with Crippen LogP contribution in [0.15, 0.2) is 48.0 Å².